The van der Waals surface area contributed by atoms with E-state index in [1.807, 2.05) is 11.3 Å². The minimum Gasteiger partial charge on any atom is -0.305 e. The van der Waals surface area contributed by atoms with Crippen LogP contribution in [-0.4, -0.2) is 11.5 Å². The number of thiazole rings is 1. The first kappa shape index (κ1) is 15.0. The fourth-order valence-corrected chi connectivity index (χ4v) is 4.80. The number of hydrogen-bond donors (Lipinski definition) is 1. The van der Waals surface area contributed by atoms with Crippen LogP contribution in [0.15, 0.2) is 0 Å². The second kappa shape index (κ2) is 5.53. The summed E-state index contributed by atoms with van der Waals surface area (Å²) in [5.74, 6) is 0. The Kier molecular flexibility index (Phi) is 4.36. The first-order chi connectivity index (χ1) is 8.97. The van der Waals surface area contributed by atoms with Crippen LogP contribution in [0.5, 0.6) is 0 Å². The Labute approximate surface area is 122 Å². The number of nitrogens with one attached hydrogen (secondary N) is 1. The van der Waals surface area contributed by atoms with Crippen molar-refractivity contribution >= 4 is 11.3 Å². The topological polar surface area (TPSA) is 24.9 Å². The first-order valence-corrected chi connectivity index (χ1v) is 8.50. The van der Waals surface area contributed by atoms with Gasteiger partial charge in [0.15, 0.2) is 0 Å². The first-order valence-electron chi connectivity index (χ1n) is 7.68. The van der Waals surface area contributed by atoms with Crippen LogP contribution in [0.4, 0.5) is 0 Å². The highest BCUT2D eigenvalue weighted by Crippen LogP contribution is 2.53. The van der Waals surface area contributed by atoms with Crippen molar-refractivity contribution in [3.63, 3.8) is 0 Å². The van der Waals surface area contributed by atoms with Gasteiger partial charge in [-0.3, -0.25) is 0 Å². The third-order valence-electron chi connectivity index (χ3n) is 4.78. The van der Waals surface area contributed by atoms with Crippen molar-refractivity contribution < 1.29 is 0 Å². The summed E-state index contributed by atoms with van der Waals surface area (Å²) in [5.41, 5.74) is 1.70. The Morgan fingerprint density at radius 1 is 1.26 bits per heavy atom. The smallest absolute Gasteiger partial charge is 0.114 e. The molecule has 1 N–H and O–H groups in total. The van der Waals surface area contributed by atoms with E-state index >= 15 is 0 Å². The zero-order valence-corrected chi connectivity index (χ0v) is 13.9. The molecule has 3 heteroatoms. The van der Waals surface area contributed by atoms with E-state index in [-0.39, 0.29) is 5.54 Å². The summed E-state index contributed by atoms with van der Waals surface area (Å²) in [5, 5.41) is 5.20. The molecule has 1 aromatic heterocycles. The molecule has 0 amide bonds. The van der Waals surface area contributed by atoms with Crippen LogP contribution in [0.3, 0.4) is 0 Å². The maximum atomic E-state index is 4.99. The summed E-state index contributed by atoms with van der Waals surface area (Å²) >= 11 is 1.91. The molecule has 0 saturated heterocycles. The van der Waals surface area contributed by atoms with Gasteiger partial charge in [-0.25, -0.2) is 4.98 Å². The van der Waals surface area contributed by atoms with Crippen molar-refractivity contribution in [3.8, 4) is 0 Å². The van der Waals surface area contributed by atoms with Gasteiger partial charge in [-0.2, -0.15) is 0 Å². The highest BCUT2D eigenvalue weighted by Gasteiger charge is 2.51. The summed E-state index contributed by atoms with van der Waals surface area (Å²) in [6.45, 7) is 12.6. The monoisotopic (exact) mass is 280 g/mol. The van der Waals surface area contributed by atoms with Gasteiger partial charge in [0, 0.05) is 4.88 Å². The lowest BCUT2D eigenvalue weighted by molar-refractivity contribution is 0.156. The zero-order chi connectivity index (χ0) is 14.1. The molecule has 1 heterocycles. The molecular formula is C16H28N2S. The predicted molar refractivity (Wildman–Crippen MR) is 83.8 cm³/mol. The van der Waals surface area contributed by atoms with Gasteiger partial charge in [0.1, 0.15) is 5.01 Å². The second-order valence-electron chi connectivity index (χ2n) is 6.44. The molecule has 0 radical (unpaired) electrons. The number of hydrogen-bond acceptors (Lipinski definition) is 3. The second-order valence-corrected chi connectivity index (χ2v) is 7.65. The third kappa shape index (κ3) is 2.47. The standard InChI is InChI=1S/C16H28N2S/c1-6-11-17-16(10-8-9-15(16,4)5)14-18-13(7-2)12(3)19-14/h17H,6-11H2,1-5H3. The quantitative estimate of drug-likeness (QED) is 0.863. The molecule has 0 aromatic carbocycles. The summed E-state index contributed by atoms with van der Waals surface area (Å²) in [6.07, 6.45) is 6.07. The molecule has 1 atom stereocenters. The number of aromatic nitrogens is 1. The molecule has 1 fully saturated rings. The van der Waals surface area contributed by atoms with E-state index in [9.17, 15) is 0 Å². The molecule has 1 aliphatic carbocycles. The molecule has 1 unspecified atom stereocenters. The maximum Gasteiger partial charge on any atom is 0.114 e. The SMILES string of the molecule is CCCNC1(c2nc(CC)c(C)s2)CCCC1(C)C. The highest BCUT2D eigenvalue weighted by molar-refractivity contribution is 7.11. The molecule has 0 spiro atoms. The van der Waals surface area contributed by atoms with Gasteiger partial charge in [0.05, 0.1) is 11.2 Å². The molecular weight excluding hydrogens is 252 g/mol. The summed E-state index contributed by atoms with van der Waals surface area (Å²) in [7, 11) is 0. The zero-order valence-electron chi connectivity index (χ0n) is 13.1. The average Bonchev–Trinajstić information content (AvgIpc) is 2.87. The van der Waals surface area contributed by atoms with Crippen molar-refractivity contribution in [2.45, 2.75) is 72.3 Å². The highest BCUT2D eigenvalue weighted by atomic mass is 32.1. The lowest BCUT2D eigenvalue weighted by Gasteiger charge is -2.41. The van der Waals surface area contributed by atoms with E-state index in [0.29, 0.717) is 5.41 Å². The van der Waals surface area contributed by atoms with Crippen LogP contribution < -0.4 is 5.32 Å². The van der Waals surface area contributed by atoms with Crippen LogP contribution in [0.1, 0.15) is 69.0 Å². The Bertz CT molecular complexity index is 436. The fourth-order valence-electron chi connectivity index (χ4n) is 3.42. The molecule has 1 saturated carbocycles. The molecule has 19 heavy (non-hydrogen) atoms. The molecule has 108 valence electrons. The molecule has 1 aliphatic rings. The minimum atomic E-state index is 0.103. The van der Waals surface area contributed by atoms with Crippen molar-refractivity contribution in [1.29, 1.82) is 0 Å². The largest absolute Gasteiger partial charge is 0.305 e. The van der Waals surface area contributed by atoms with Gasteiger partial charge in [-0.15, -0.1) is 11.3 Å². The number of aryl methyl sites for hydroxylation is 2. The van der Waals surface area contributed by atoms with Crippen LogP contribution >= 0.6 is 11.3 Å². The van der Waals surface area contributed by atoms with Crippen LogP contribution in [0, 0.1) is 12.3 Å². The number of nitrogens with zero attached hydrogens (tertiary/aromatic N) is 1. The molecule has 2 nitrogen and oxygen atoms in total. The summed E-state index contributed by atoms with van der Waals surface area (Å²) in [6, 6.07) is 0. The van der Waals surface area contributed by atoms with Crippen molar-refractivity contribution in [1.82, 2.24) is 10.3 Å². The summed E-state index contributed by atoms with van der Waals surface area (Å²) < 4.78 is 0. The van der Waals surface area contributed by atoms with Crippen molar-refractivity contribution in [3.05, 3.63) is 15.6 Å². The molecule has 0 bridgehead atoms. The van der Waals surface area contributed by atoms with E-state index < -0.39 is 0 Å². The maximum absolute atomic E-state index is 4.99. The third-order valence-corrected chi connectivity index (χ3v) is 5.95. The van der Waals surface area contributed by atoms with Gasteiger partial charge in [-0.1, -0.05) is 34.1 Å². The van der Waals surface area contributed by atoms with Crippen LogP contribution in [0.2, 0.25) is 0 Å². The average molecular weight is 280 g/mol. The van der Waals surface area contributed by atoms with Gasteiger partial charge in [-0.05, 0) is 44.6 Å². The Hall–Kier alpha value is -0.410. The molecule has 0 aliphatic heterocycles. The predicted octanol–water partition coefficient (Wildman–Crippen LogP) is 4.42. The van der Waals surface area contributed by atoms with E-state index in [2.05, 4.69) is 39.9 Å². The molecule has 1 aromatic rings. The summed E-state index contributed by atoms with van der Waals surface area (Å²) in [4.78, 5) is 6.39. The van der Waals surface area contributed by atoms with E-state index in [1.165, 1.54) is 41.3 Å². The van der Waals surface area contributed by atoms with Crippen LogP contribution in [-0.2, 0) is 12.0 Å². The van der Waals surface area contributed by atoms with E-state index in [1.54, 1.807) is 0 Å². The van der Waals surface area contributed by atoms with E-state index in [0.717, 1.165) is 13.0 Å². The van der Waals surface area contributed by atoms with Crippen molar-refractivity contribution in [2.24, 2.45) is 5.41 Å². The van der Waals surface area contributed by atoms with Gasteiger partial charge < -0.3 is 5.32 Å². The Morgan fingerprint density at radius 2 is 2.00 bits per heavy atom. The Balaban J connectivity index is 2.42. The van der Waals surface area contributed by atoms with E-state index in [4.69, 9.17) is 4.98 Å². The normalized spacial score (nSPS) is 25.9. The van der Waals surface area contributed by atoms with Gasteiger partial charge in [0.25, 0.3) is 0 Å². The lowest BCUT2D eigenvalue weighted by Crippen LogP contribution is -2.50. The molecule has 2 rings (SSSR count). The van der Waals surface area contributed by atoms with Gasteiger partial charge in [0.2, 0.25) is 0 Å². The van der Waals surface area contributed by atoms with Gasteiger partial charge >= 0.3 is 0 Å². The lowest BCUT2D eigenvalue weighted by atomic mass is 9.75. The fraction of sp³-hybridized carbons (Fsp3) is 0.812. The minimum absolute atomic E-state index is 0.103. The Morgan fingerprint density at radius 3 is 2.47 bits per heavy atom. The van der Waals surface area contributed by atoms with Crippen LogP contribution in [0.25, 0.3) is 0 Å². The van der Waals surface area contributed by atoms with Crippen molar-refractivity contribution in [2.75, 3.05) is 6.54 Å². The number of rotatable bonds is 5.